The summed E-state index contributed by atoms with van der Waals surface area (Å²) >= 11 is 0. The van der Waals surface area contributed by atoms with E-state index in [0.717, 1.165) is 5.75 Å². The molecule has 4 heteroatoms. The quantitative estimate of drug-likeness (QED) is 0.363. The van der Waals surface area contributed by atoms with Crippen LogP contribution >= 0.6 is 0 Å². The molecule has 0 saturated heterocycles. The minimum Gasteiger partial charge on any atom is -0.491 e. The highest BCUT2D eigenvalue weighted by Gasteiger charge is 2.12. The molecule has 0 bridgehead atoms. The Hall–Kier alpha value is -1.55. The van der Waals surface area contributed by atoms with Crippen LogP contribution in [0.2, 0.25) is 0 Å². The van der Waals surface area contributed by atoms with Crippen molar-refractivity contribution >= 4 is 5.84 Å². The molecular weight excluding hydrogens is 252 g/mol. The molecule has 0 aromatic heterocycles. The van der Waals surface area contributed by atoms with Gasteiger partial charge in [0.05, 0.1) is 12.7 Å². The number of amidine groups is 1. The van der Waals surface area contributed by atoms with E-state index in [-0.39, 0.29) is 5.84 Å². The van der Waals surface area contributed by atoms with Gasteiger partial charge in [-0.25, -0.2) is 0 Å². The second-order valence-corrected chi connectivity index (χ2v) is 5.27. The molecule has 4 nitrogen and oxygen atoms in total. The highest BCUT2D eigenvalue weighted by molar-refractivity contribution is 5.94. The van der Waals surface area contributed by atoms with Crippen LogP contribution in [-0.4, -0.2) is 25.2 Å². The van der Waals surface area contributed by atoms with E-state index >= 15 is 0 Å². The number of ether oxygens (including phenoxy) is 2. The van der Waals surface area contributed by atoms with Crippen LogP contribution in [0.4, 0.5) is 0 Å². The van der Waals surface area contributed by atoms with Gasteiger partial charge in [-0.1, -0.05) is 25.7 Å². The summed E-state index contributed by atoms with van der Waals surface area (Å²) < 4.78 is 11.5. The number of nitrogens with one attached hydrogen (secondary N) is 1. The van der Waals surface area contributed by atoms with Gasteiger partial charge in [0.2, 0.25) is 0 Å². The van der Waals surface area contributed by atoms with Gasteiger partial charge in [-0.15, -0.1) is 0 Å². The molecule has 0 atom stereocenters. The monoisotopic (exact) mass is 276 g/mol. The van der Waals surface area contributed by atoms with E-state index in [4.69, 9.17) is 20.6 Å². The van der Waals surface area contributed by atoms with Crippen LogP contribution in [0, 0.1) is 5.41 Å². The molecule has 2 rings (SSSR count). The lowest BCUT2D eigenvalue weighted by molar-refractivity contribution is 0.0254. The van der Waals surface area contributed by atoms with Gasteiger partial charge < -0.3 is 15.2 Å². The number of hydrogen-bond donors (Lipinski definition) is 2. The van der Waals surface area contributed by atoms with E-state index in [0.29, 0.717) is 24.9 Å². The van der Waals surface area contributed by atoms with Crippen molar-refractivity contribution in [1.29, 1.82) is 5.41 Å². The molecule has 20 heavy (non-hydrogen) atoms. The maximum atomic E-state index is 7.32. The predicted octanol–water partition coefficient (Wildman–Crippen LogP) is 3.09. The number of rotatable bonds is 6. The topological polar surface area (TPSA) is 68.3 Å². The normalized spacial score (nSPS) is 16.6. The van der Waals surface area contributed by atoms with Crippen LogP contribution in [0.5, 0.6) is 5.75 Å². The van der Waals surface area contributed by atoms with E-state index in [9.17, 15) is 0 Å². The average Bonchev–Trinajstić information content (AvgIpc) is 2.73. The Morgan fingerprint density at radius 3 is 2.30 bits per heavy atom. The Labute approximate surface area is 120 Å². The molecule has 0 aliphatic heterocycles. The van der Waals surface area contributed by atoms with Gasteiger partial charge >= 0.3 is 0 Å². The molecule has 0 amide bonds. The zero-order chi connectivity index (χ0) is 14.2. The Kier molecular flexibility index (Phi) is 5.87. The Morgan fingerprint density at radius 1 is 1.05 bits per heavy atom. The summed E-state index contributed by atoms with van der Waals surface area (Å²) in [6.45, 7) is 1.20. The summed E-state index contributed by atoms with van der Waals surface area (Å²) in [6.07, 6.45) is 8.06. The summed E-state index contributed by atoms with van der Waals surface area (Å²) in [6, 6.07) is 7.26. The van der Waals surface area contributed by atoms with Crippen LogP contribution in [0.1, 0.15) is 44.1 Å². The zero-order valence-electron chi connectivity index (χ0n) is 11.9. The number of nitrogen functional groups attached to an aromatic ring is 1. The first-order valence-corrected chi connectivity index (χ1v) is 7.44. The summed E-state index contributed by atoms with van der Waals surface area (Å²) in [5.41, 5.74) is 6.12. The molecule has 0 unspecified atom stereocenters. The van der Waals surface area contributed by atoms with Gasteiger partial charge in [0, 0.05) is 5.56 Å². The van der Waals surface area contributed by atoms with Crippen LogP contribution in [0.3, 0.4) is 0 Å². The number of benzene rings is 1. The second-order valence-electron chi connectivity index (χ2n) is 5.27. The van der Waals surface area contributed by atoms with Crippen molar-refractivity contribution in [2.24, 2.45) is 5.73 Å². The molecular formula is C16H24N2O2. The molecule has 3 N–H and O–H groups in total. The van der Waals surface area contributed by atoms with E-state index < -0.39 is 0 Å². The number of hydrogen-bond acceptors (Lipinski definition) is 3. The van der Waals surface area contributed by atoms with E-state index in [2.05, 4.69) is 0 Å². The van der Waals surface area contributed by atoms with Gasteiger partial charge in [0.15, 0.2) is 0 Å². The third-order valence-electron chi connectivity index (χ3n) is 3.67. The summed E-state index contributed by atoms with van der Waals surface area (Å²) in [4.78, 5) is 0. The lowest BCUT2D eigenvalue weighted by Gasteiger charge is -2.15. The first-order chi connectivity index (χ1) is 9.75. The molecule has 0 spiro atoms. The summed E-state index contributed by atoms with van der Waals surface area (Å²) in [5.74, 6) is 0.868. The number of nitrogens with two attached hydrogens (primary N) is 1. The van der Waals surface area contributed by atoms with Crippen LogP contribution in [-0.2, 0) is 4.74 Å². The molecule has 1 aliphatic rings. The summed E-state index contributed by atoms with van der Waals surface area (Å²) in [7, 11) is 0. The SMILES string of the molecule is N=C(N)c1ccc(OCCOC2CCCCCC2)cc1. The highest BCUT2D eigenvalue weighted by Crippen LogP contribution is 2.19. The third-order valence-corrected chi connectivity index (χ3v) is 3.67. The zero-order valence-corrected chi connectivity index (χ0v) is 11.9. The Balaban J connectivity index is 1.66. The largest absolute Gasteiger partial charge is 0.491 e. The highest BCUT2D eigenvalue weighted by atomic mass is 16.5. The first-order valence-electron chi connectivity index (χ1n) is 7.44. The maximum absolute atomic E-state index is 7.32. The van der Waals surface area contributed by atoms with Crippen molar-refractivity contribution in [2.45, 2.75) is 44.6 Å². The molecule has 1 aliphatic carbocycles. The fourth-order valence-electron chi connectivity index (χ4n) is 2.51. The second kappa shape index (κ2) is 7.90. The predicted molar refractivity (Wildman–Crippen MR) is 80.4 cm³/mol. The van der Waals surface area contributed by atoms with Gasteiger partial charge in [-0.3, -0.25) is 5.41 Å². The molecule has 1 aromatic rings. The third kappa shape index (κ3) is 4.85. The fraction of sp³-hybridized carbons (Fsp3) is 0.562. The van der Waals surface area contributed by atoms with Gasteiger partial charge in [0.1, 0.15) is 18.2 Å². The minimum absolute atomic E-state index is 0.0771. The van der Waals surface area contributed by atoms with Crippen molar-refractivity contribution in [3.05, 3.63) is 29.8 Å². The van der Waals surface area contributed by atoms with Crippen molar-refractivity contribution in [2.75, 3.05) is 13.2 Å². The van der Waals surface area contributed by atoms with Crippen molar-refractivity contribution in [1.82, 2.24) is 0 Å². The maximum Gasteiger partial charge on any atom is 0.122 e. The van der Waals surface area contributed by atoms with E-state index in [1.807, 2.05) is 12.1 Å². The average molecular weight is 276 g/mol. The van der Waals surface area contributed by atoms with Crippen molar-refractivity contribution in [3.63, 3.8) is 0 Å². The lowest BCUT2D eigenvalue weighted by Crippen LogP contribution is -2.16. The van der Waals surface area contributed by atoms with Gasteiger partial charge in [-0.2, -0.15) is 0 Å². The van der Waals surface area contributed by atoms with Crippen LogP contribution in [0.25, 0.3) is 0 Å². The summed E-state index contributed by atoms with van der Waals surface area (Å²) in [5, 5.41) is 7.32. The van der Waals surface area contributed by atoms with Crippen molar-refractivity contribution in [3.8, 4) is 5.75 Å². The van der Waals surface area contributed by atoms with Gasteiger partial charge in [0.25, 0.3) is 0 Å². The van der Waals surface area contributed by atoms with Crippen LogP contribution < -0.4 is 10.5 Å². The molecule has 1 saturated carbocycles. The first kappa shape index (κ1) is 14.9. The molecule has 1 aromatic carbocycles. The fourth-order valence-corrected chi connectivity index (χ4v) is 2.51. The Morgan fingerprint density at radius 2 is 1.70 bits per heavy atom. The standard InChI is InChI=1S/C16H24N2O2/c17-16(18)13-7-9-15(10-8-13)20-12-11-19-14-5-3-1-2-4-6-14/h7-10,14H,1-6,11-12H2,(H3,17,18). The molecule has 110 valence electrons. The molecule has 1 fully saturated rings. The van der Waals surface area contributed by atoms with Gasteiger partial charge in [-0.05, 0) is 37.1 Å². The lowest BCUT2D eigenvalue weighted by atomic mass is 10.1. The molecule has 0 radical (unpaired) electrons. The molecule has 0 heterocycles. The van der Waals surface area contributed by atoms with Crippen LogP contribution in [0.15, 0.2) is 24.3 Å². The van der Waals surface area contributed by atoms with E-state index in [1.54, 1.807) is 12.1 Å². The van der Waals surface area contributed by atoms with Crippen molar-refractivity contribution < 1.29 is 9.47 Å². The minimum atomic E-state index is 0.0771. The Bertz CT molecular complexity index is 409. The van der Waals surface area contributed by atoms with E-state index in [1.165, 1.54) is 38.5 Å². The smallest absolute Gasteiger partial charge is 0.122 e.